The molecule has 1 aromatic heterocycles. The highest BCUT2D eigenvalue weighted by atomic mass is 79.9. The van der Waals surface area contributed by atoms with Crippen LogP contribution in [0.3, 0.4) is 0 Å². The number of nitrogens with zero attached hydrogens (tertiary/aromatic N) is 2. The van der Waals surface area contributed by atoms with Gasteiger partial charge >= 0.3 is 0 Å². The van der Waals surface area contributed by atoms with Gasteiger partial charge in [0, 0.05) is 10.0 Å². The number of aromatic nitrogens is 2. The summed E-state index contributed by atoms with van der Waals surface area (Å²) in [7, 11) is 0. The number of Topliss-reactive ketones (excluding diaryl/α,β-unsaturated/α-hetero) is 1. The molecule has 154 valence electrons. The van der Waals surface area contributed by atoms with E-state index in [4.69, 9.17) is 9.47 Å². The third kappa shape index (κ3) is 3.84. The van der Waals surface area contributed by atoms with Crippen LogP contribution in [0.5, 0.6) is 11.5 Å². The molecule has 1 aliphatic heterocycles. The summed E-state index contributed by atoms with van der Waals surface area (Å²) in [6.45, 7) is 0.155. The molecule has 31 heavy (non-hydrogen) atoms. The third-order valence-electron chi connectivity index (χ3n) is 4.86. The fourth-order valence-corrected chi connectivity index (χ4v) is 4.48. The van der Waals surface area contributed by atoms with Crippen LogP contribution >= 0.6 is 27.7 Å². The molecule has 5 rings (SSSR count). The van der Waals surface area contributed by atoms with E-state index >= 15 is 0 Å². The summed E-state index contributed by atoms with van der Waals surface area (Å²) in [6, 6.07) is 19.7. The minimum Gasteiger partial charge on any atom is -0.454 e. The van der Waals surface area contributed by atoms with Crippen molar-refractivity contribution in [1.82, 2.24) is 9.55 Å². The van der Waals surface area contributed by atoms with Gasteiger partial charge in [-0.1, -0.05) is 39.8 Å². The number of hydrogen-bond acceptors (Lipinski definition) is 6. The zero-order valence-corrected chi connectivity index (χ0v) is 18.5. The number of carbonyl (C=O) groups excluding carboxylic acids is 1. The Kier molecular flexibility index (Phi) is 5.25. The average molecular weight is 495 g/mol. The van der Waals surface area contributed by atoms with Crippen LogP contribution in [0.1, 0.15) is 10.4 Å². The van der Waals surface area contributed by atoms with Gasteiger partial charge in [-0.3, -0.25) is 14.2 Å². The first-order chi connectivity index (χ1) is 15.1. The lowest BCUT2D eigenvalue weighted by atomic mass is 10.1. The van der Waals surface area contributed by atoms with E-state index in [1.165, 1.54) is 11.8 Å². The Hall–Kier alpha value is -3.10. The Morgan fingerprint density at radius 3 is 2.65 bits per heavy atom. The second kappa shape index (κ2) is 8.20. The summed E-state index contributed by atoms with van der Waals surface area (Å²) >= 11 is 4.65. The van der Waals surface area contributed by atoms with Gasteiger partial charge in [0.05, 0.1) is 22.3 Å². The number of halogens is 1. The Balaban J connectivity index is 1.51. The van der Waals surface area contributed by atoms with Gasteiger partial charge in [-0.15, -0.1) is 0 Å². The van der Waals surface area contributed by atoms with E-state index in [1.54, 1.807) is 34.9 Å². The van der Waals surface area contributed by atoms with Gasteiger partial charge in [0.2, 0.25) is 6.79 Å². The maximum atomic E-state index is 13.3. The van der Waals surface area contributed by atoms with Gasteiger partial charge in [0.25, 0.3) is 5.56 Å². The molecule has 0 saturated heterocycles. The summed E-state index contributed by atoms with van der Waals surface area (Å²) in [6.07, 6.45) is 0. The van der Waals surface area contributed by atoms with Crippen LogP contribution in [-0.4, -0.2) is 27.9 Å². The number of thioether (sulfide) groups is 1. The monoisotopic (exact) mass is 494 g/mol. The summed E-state index contributed by atoms with van der Waals surface area (Å²) in [5.74, 6) is 1.23. The average Bonchev–Trinajstić information content (AvgIpc) is 3.26. The van der Waals surface area contributed by atoms with Gasteiger partial charge < -0.3 is 9.47 Å². The van der Waals surface area contributed by atoms with Crippen molar-refractivity contribution in [3.63, 3.8) is 0 Å². The van der Waals surface area contributed by atoms with Gasteiger partial charge in [-0.05, 0) is 54.6 Å². The van der Waals surface area contributed by atoms with Crippen molar-refractivity contribution in [2.24, 2.45) is 0 Å². The fourth-order valence-electron chi connectivity index (χ4n) is 3.31. The van der Waals surface area contributed by atoms with E-state index in [2.05, 4.69) is 20.9 Å². The molecular formula is C23H15BrN2O4S. The van der Waals surface area contributed by atoms with Crippen molar-refractivity contribution in [1.29, 1.82) is 0 Å². The second-order valence-corrected chi connectivity index (χ2v) is 8.67. The largest absolute Gasteiger partial charge is 0.454 e. The predicted molar refractivity (Wildman–Crippen MR) is 123 cm³/mol. The second-order valence-electron chi connectivity index (χ2n) is 6.81. The minimum absolute atomic E-state index is 0.0898. The smallest absolute Gasteiger partial charge is 0.266 e. The zero-order chi connectivity index (χ0) is 21.4. The molecule has 0 unspecified atom stereocenters. The predicted octanol–water partition coefficient (Wildman–Crippen LogP) is 4.85. The lowest BCUT2D eigenvalue weighted by molar-refractivity contribution is 0.102. The Morgan fingerprint density at radius 1 is 1.03 bits per heavy atom. The Labute approximate surface area is 190 Å². The molecule has 0 spiro atoms. The fraction of sp³-hybridized carbons (Fsp3) is 0.0870. The molecule has 0 radical (unpaired) electrons. The summed E-state index contributed by atoms with van der Waals surface area (Å²) in [4.78, 5) is 30.8. The molecule has 6 nitrogen and oxygen atoms in total. The van der Waals surface area contributed by atoms with Crippen LogP contribution in [0, 0.1) is 0 Å². The number of hydrogen-bond donors (Lipinski definition) is 0. The van der Waals surface area contributed by atoms with Crippen molar-refractivity contribution in [3.8, 4) is 17.2 Å². The van der Waals surface area contributed by atoms with Gasteiger partial charge in [-0.2, -0.15) is 0 Å². The zero-order valence-electron chi connectivity index (χ0n) is 16.1. The molecule has 0 aliphatic carbocycles. The number of fused-ring (bicyclic) bond motifs is 2. The van der Waals surface area contributed by atoms with Crippen LogP contribution in [0.15, 0.2) is 81.2 Å². The number of carbonyl (C=O) groups is 1. The van der Waals surface area contributed by atoms with Crippen molar-refractivity contribution in [2.75, 3.05) is 12.5 Å². The van der Waals surface area contributed by atoms with Crippen LogP contribution in [-0.2, 0) is 0 Å². The molecule has 4 aromatic rings. The summed E-state index contributed by atoms with van der Waals surface area (Å²) < 4.78 is 13.1. The van der Waals surface area contributed by atoms with E-state index in [9.17, 15) is 9.59 Å². The minimum atomic E-state index is -0.175. The molecule has 0 atom stereocenters. The maximum Gasteiger partial charge on any atom is 0.266 e. The van der Waals surface area contributed by atoms with Crippen molar-refractivity contribution < 1.29 is 14.3 Å². The first-order valence-electron chi connectivity index (χ1n) is 9.43. The third-order valence-corrected chi connectivity index (χ3v) is 6.32. The topological polar surface area (TPSA) is 70.4 Å². The number of para-hydroxylation sites is 1. The highest BCUT2D eigenvalue weighted by Crippen LogP contribution is 2.33. The lowest BCUT2D eigenvalue weighted by Crippen LogP contribution is -2.22. The standard InChI is InChI=1S/C23H15BrN2O4S/c24-15-6-8-16(9-7-15)26-22(28)17-3-1-2-4-18(17)25-23(26)31-12-19(27)14-5-10-20-21(11-14)30-13-29-20/h1-11H,12-13H2. The Morgan fingerprint density at radius 2 is 1.81 bits per heavy atom. The molecule has 0 amide bonds. The lowest BCUT2D eigenvalue weighted by Gasteiger charge is -2.13. The molecule has 0 bridgehead atoms. The molecule has 0 N–H and O–H groups in total. The highest BCUT2D eigenvalue weighted by molar-refractivity contribution is 9.10. The normalized spacial score (nSPS) is 12.3. The van der Waals surface area contributed by atoms with E-state index in [0.717, 1.165) is 4.47 Å². The molecule has 0 saturated carbocycles. The molecule has 8 heteroatoms. The molecule has 2 heterocycles. The van der Waals surface area contributed by atoms with E-state index < -0.39 is 0 Å². The molecular weight excluding hydrogens is 480 g/mol. The van der Waals surface area contributed by atoms with Crippen LogP contribution in [0.4, 0.5) is 0 Å². The number of rotatable bonds is 5. The van der Waals surface area contributed by atoms with Gasteiger partial charge in [-0.25, -0.2) is 4.98 Å². The van der Waals surface area contributed by atoms with Crippen molar-refractivity contribution >= 4 is 44.4 Å². The quantitative estimate of drug-likeness (QED) is 0.224. The first kappa shape index (κ1) is 19.8. The summed E-state index contributed by atoms with van der Waals surface area (Å²) in [5.41, 5.74) is 1.63. The maximum absolute atomic E-state index is 13.3. The highest BCUT2D eigenvalue weighted by Gasteiger charge is 2.18. The molecule has 1 aliphatic rings. The molecule has 3 aromatic carbocycles. The van der Waals surface area contributed by atoms with Crippen molar-refractivity contribution in [3.05, 3.63) is 87.1 Å². The summed E-state index contributed by atoms with van der Waals surface area (Å²) in [5, 5.41) is 0.983. The first-order valence-corrected chi connectivity index (χ1v) is 11.2. The van der Waals surface area contributed by atoms with Crippen LogP contribution in [0.2, 0.25) is 0 Å². The van der Waals surface area contributed by atoms with Crippen molar-refractivity contribution in [2.45, 2.75) is 5.16 Å². The number of benzene rings is 3. The van der Waals surface area contributed by atoms with Crippen LogP contribution in [0.25, 0.3) is 16.6 Å². The van der Waals surface area contributed by atoms with Gasteiger partial charge in [0.15, 0.2) is 22.4 Å². The van der Waals surface area contributed by atoms with E-state index in [-0.39, 0.29) is 23.9 Å². The SMILES string of the molecule is O=C(CSc1nc2ccccc2c(=O)n1-c1ccc(Br)cc1)c1ccc2c(c1)OCO2. The number of ketones is 1. The van der Waals surface area contributed by atoms with Crippen LogP contribution < -0.4 is 15.0 Å². The van der Waals surface area contributed by atoms with E-state index in [1.807, 2.05) is 36.4 Å². The van der Waals surface area contributed by atoms with E-state index in [0.29, 0.717) is 38.8 Å². The Bertz CT molecular complexity index is 1370. The number of ether oxygens (including phenoxy) is 2. The molecule has 0 fully saturated rings. The van der Waals surface area contributed by atoms with Gasteiger partial charge in [0.1, 0.15) is 0 Å².